The summed E-state index contributed by atoms with van der Waals surface area (Å²) in [6.45, 7) is 2.79. The number of nitrogens with one attached hydrogen (secondary N) is 2. The molecule has 128 valence electrons. The number of amides is 1. The second-order valence-electron chi connectivity index (χ2n) is 6.46. The molecule has 5 heteroatoms. The maximum Gasteiger partial charge on any atom is 0.267 e. The average molecular weight is 354 g/mol. The number of hydrogen-bond donors (Lipinski definition) is 2. The zero-order valence-electron chi connectivity index (χ0n) is 13.9. The van der Waals surface area contributed by atoms with Crippen LogP contribution in [-0.2, 0) is 6.54 Å². The minimum atomic E-state index is -0.115. The molecular weight excluding hydrogens is 334 g/mol. The lowest BCUT2D eigenvalue weighted by atomic mass is 10.2. The quantitative estimate of drug-likeness (QED) is 0.732. The normalized spacial score (nSPS) is 14.2. The van der Waals surface area contributed by atoms with E-state index in [1.54, 1.807) is 0 Å². The number of anilines is 1. The minimum absolute atomic E-state index is 0.115. The Morgan fingerprint density at radius 3 is 2.60 bits per heavy atom. The lowest BCUT2D eigenvalue weighted by Crippen LogP contribution is -2.23. The van der Waals surface area contributed by atoms with Gasteiger partial charge in [0.1, 0.15) is 5.69 Å². The Morgan fingerprint density at radius 1 is 1.08 bits per heavy atom. The molecular formula is C20H20ClN3O. The summed E-state index contributed by atoms with van der Waals surface area (Å²) in [7, 11) is 0. The summed E-state index contributed by atoms with van der Waals surface area (Å²) >= 11 is 5.99. The van der Waals surface area contributed by atoms with E-state index in [2.05, 4.69) is 39.5 Å². The van der Waals surface area contributed by atoms with Gasteiger partial charge in [0.2, 0.25) is 0 Å². The molecule has 3 aromatic rings. The van der Waals surface area contributed by atoms with E-state index >= 15 is 0 Å². The van der Waals surface area contributed by atoms with Crippen molar-refractivity contribution in [1.29, 1.82) is 0 Å². The summed E-state index contributed by atoms with van der Waals surface area (Å²) in [5, 5.41) is 4.56. The van der Waals surface area contributed by atoms with E-state index in [0.29, 0.717) is 17.3 Å². The van der Waals surface area contributed by atoms with Crippen molar-refractivity contribution in [1.82, 2.24) is 10.3 Å². The monoisotopic (exact) mass is 353 g/mol. The largest absolute Gasteiger partial charge is 0.372 e. The fourth-order valence-corrected chi connectivity index (χ4v) is 3.48. The van der Waals surface area contributed by atoms with Gasteiger partial charge in [0.05, 0.1) is 0 Å². The van der Waals surface area contributed by atoms with Gasteiger partial charge in [-0.05, 0) is 54.8 Å². The molecule has 0 spiro atoms. The number of rotatable bonds is 4. The Morgan fingerprint density at radius 2 is 1.84 bits per heavy atom. The molecule has 1 saturated heterocycles. The first-order valence-electron chi connectivity index (χ1n) is 8.59. The summed E-state index contributed by atoms with van der Waals surface area (Å²) in [5.74, 6) is -0.115. The lowest BCUT2D eigenvalue weighted by Gasteiger charge is -2.17. The van der Waals surface area contributed by atoms with Crippen molar-refractivity contribution in [3.05, 3.63) is 64.8 Å². The minimum Gasteiger partial charge on any atom is -0.372 e. The molecule has 0 saturated carbocycles. The van der Waals surface area contributed by atoms with E-state index in [-0.39, 0.29) is 5.91 Å². The maximum atomic E-state index is 12.4. The van der Waals surface area contributed by atoms with E-state index in [1.807, 2.05) is 24.3 Å². The number of carbonyl (C=O) groups excluding carboxylic acids is 1. The van der Waals surface area contributed by atoms with Crippen LogP contribution in [0.2, 0.25) is 5.02 Å². The highest BCUT2D eigenvalue weighted by molar-refractivity contribution is 6.31. The first-order valence-corrected chi connectivity index (χ1v) is 8.97. The van der Waals surface area contributed by atoms with Crippen LogP contribution >= 0.6 is 11.6 Å². The first-order chi connectivity index (χ1) is 12.2. The van der Waals surface area contributed by atoms with Crippen LogP contribution in [0, 0.1) is 0 Å². The van der Waals surface area contributed by atoms with Gasteiger partial charge in [-0.3, -0.25) is 4.79 Å². The summed E-state index contributed by atoms with van der Waals surface area (Å²) in [6.07, 6.45) is 2.54. The predicted octanol–water partition coefficient (Wildman–Crippen LogP) is 4.35. The number of benzene rings is 2. The molecule has 1 aromatic heterocycles. The van der Waals surface area contributed by atoms with Gasteiger partial charge in [0.25, 0.3) is 5.91 Å². The number of aromatic amines is 1. The molecule has 4 nitrogen and oxygen atoms in total. The van der Waals surface area contributed by atoms with Crippen molar-refractivity contribution < 1.29 is 4.79 Å². The van der Waals surface area contributed by atoms with Gasteiger partial charge in [-0.15, -0.1) is 0 Å². The van der Waals surface area contributed by atoms with Gasteiger partial charge in [0, 0.05) is 41.2 Å². The Labute approximate surface area is 151 Å². The highest BCUT2D eigenvalue weighted by Gasteiger charge is 2.12. The van der Waals surface area contributed by atoms with Crippen molar-refractivity contribution >= 4 is 34.1 Å². The van der Waals surface area contributed by atoms with E-state index in [4.69, 9.17) is 11.6 Å². The smallest absolute Gasteiger partial charge is 0.267 e. The Bertz CT molecular complexity index is 895. The van der Waals surface area contributed by atoms with Crippen LogP contribution in [0.15, 0.2) is 48.5 Å². The molecule has 2 N–H and O–H groups in total. The molecule has 0 bridgehead atoms. The maximum absolute atomic E-state index is 12.4. The number of fused-ring (bicyclic) bond motifs is 1. The zero-order chi connectivity index (χ0) is 17.2. The Hall–Kier alpha value is -2.46. The van der Waals surface area contributed by atoms with Gasteiger partial charge < -0.3 is 15.2 Å². The Balaban J connectivity index is 1.40. The van der Waals surface area contributed by atoms with Crippen molar-refractivity contribution in [3.8, 4) is 0 Å². The molecule has 1 amide bonds. The SMILES string of the molecule is O=C(NCc1ccc(N2CCCC2)cc1)c1cc2cc(Cl)ccc2[nH]1. The van der Waals surface area contributed by atoms with E-state index < -0.39 is 0 Å². The van der Waals surface area contributed by atoms with Crippen LogP contribution in [-0.4, -0.2) is 24.0 Å². The molecule has 25 heavy (non-hydrogen) atoms. The van der Waals surface area contributed by atoms with Gasteiger partial charge >= 0.3 is 0 Å². The number of H-pyrrole nitrogens is 1. The van der Waals surface area contributed by atoms with Crippen LogP contribution < -0.4 is 10.2 Å². The van der Waals surface area contributed by atoms with Crippen LogP contribution in [0.25, 0.3) is 10.9 Å². The van der Waals surface area contributed by atoms with Crippen molar-refractivity contribution in [2.45, 2.75) is 19.4 Å². The number of aromatic nitrogens is 1. The molecule has 0 unspecified atom stereocenters. The van der Waals surface area contributed by atoms with Crippen LogP contribution in [0.5, 0.6) is 0 Å². The number of nitrogens with zero attached hydrogens (tertiary/aromatic N) is 1. The van der Waals surface area contributed by atoms with Crippen LogP contribution in [0.3, 0.4) is 0 Å². The topological polar surface area (TPSA) is 48.1 Å². The molecule has 2 aromatic carbocycles. The molecule has 2 heterocycles. The van der Waals surface area contributed by atoms with Crippen molar-refractivity contribution in [2.75, 3.05) is 18.0 Å². The van der Waals surface area contributed by atoms with Crippen LogP contribution in [0.1, 0.15) is 28.9 Å². The first kappa shape index (κ1) is 16.0. The second kappa shape index (κ2) is 6.81. The average Bonchev–Trinajstić information content (AvgIpc) is 3.29. The summed E-state index contributed by atoms with van der Waals surface area (Å²) < 4.78 is 0. The Kier molecular flexibility index (Phi) is 4.36. The van der Waals surface area contributed by atoms with E-state index in [9.17, 15) is 4.79 Å². The molecule has 1 fully saturated rings. The van der Waals surface area contributed by atoms with Crippen molar-refractivity contribution in [3.63, 3.8) is 0 Å². The molecule has 0 radical (unpaired) electrons. The fourth-order valence-electron chi connectivity index (χ4n) is 3.30. The molecule has 0 atom stereocenters. The third kappa shape index (κ3) is 3.49. The standard InChI is InChI=1S/C20H20ClN3O/c21-16-5-8-18-15(11-16)12-19(23-18)20(25)22-13-14-3-6-17(7-4-14)24-9-1-2-10-24/h3-8,11-12,23H,1-2,9-10,13H2,(H,22,25). The van der Waals surface area contributed by atoms with Gasteiger partial charge in [0.15, 0.2) is 0 Å². The van der Waals surface area contributed by atoms with E-state index in [0.717, 1.165) is 29.6 Å². The third-order valence-electron chi connectivity index (χ3n) is 4.69. The number of halogens is 1. The van der Waals surface area contributed by atoms with E-state index in [1.165, 1.54) is 18.5 Å². The summed E-state index contributed by atoms with van der Waals surface area (Å²) in [4.78, 5) is 17.9. The molecule has 4 rings (SSSR count). The number of hydrogen-bond acceptors (Lipinski definition) is 2. The third-order valence-corrected chi connectivity index (χ3v) is 4.92. The highest BCUT2D eigenvalue weighted by atomic mass is 35.5. The predicted molar refractivity (Wildman–Crippen MR) is 102 cm³/mol. The summed E-state index contributed by atoms with van der Waals surface area (Å²) in [5.41, 5.74) is 3.81. The molecule has 0 aliphatic carbocycles. The van der Waals surface area contributed by atoms with Crippen LogP contribution in [0.4, 0.5) is 5.69 Å². The fraction of sp³-hybridized carbons (Fsp3) is 0.250. The summed E-state index contributed by atoms with van der Waals surface area (Å²) in [6, 6.07) is 15.8. The van der Waals surface area contributed by atoms with Gasteiger partial charge in [-0.1, -0.05) is 23.7 Å². The highest BCUT2D eigenvalue weighted by Crippen LogP contribution is 2.21. The second-order valence-corrected chi connectivity index (χ2v) is 6.89. The van der Waals surface area contributed by atoms with Gasteiger partial charge in [-0.25, -0.2) is 0 Å². The molecule has 1 aliphatic heterocycles. The number of carbonyl (C=O) groups is 1. The van der Waals surface area contributed by atoms with Crippen molar-refractivity contribution in [2.24, 2.45) is 0 Å². The zero-order valence-corrected chi connectivity index (χ0v) is 14.6. The van der Waals surface area contributed by atoms with Gasteiger partial charge in [-0.2, -0.15) is 0 Å². The lowest BCUT2D eigenvalue weighted by molar-refractivity contribution is 0.0947. The molecule has 1 aliphatic rings.